The van der Waals surface area contributed by atoms with Crippen molar-refractivity contribution in [2.24, 2.45) is 0 Å². The zero-order chi connectivity index (χ0) is 41.4. The quantitative estimate of drug-likeness (QED) is 0.0211. The molecule has 0 aliphatic heterocycles. The third-order valence-corrected chi connectivity index (χ3v) is 8.20. The third-order valence-electron chi connectivity index (χ3n) is 8.20. The molecule has 8 nitrogen and oxygen atoms in total. The van der Waals surface area contributed by atoms with Crippen molar-refractivity contribution in [2.45, 2.75) is 122 Å². The van der Waals surface area contributed by atoms with Crippen molar-refractivity contribution in [3.8, 4) is 0 Å². The van der Waals surface area contributed by atoms with Crippen LogP contribution in [0.1, 0.15) is 110 Å². The number of hydrogen-bond donors (Lipinski definition) is 0. The van der Waals surface area contributed by atoms with Gasteiger partial charge in [-0.15, -0.1) is 0 Å². The van der Waals surface area contributed by atoms with Crippen molar-refractivity contribution in [2.75, 3.05) is 41.0 Å². The summed E-state index contributed by atoms with van der Waals surface area (Å²) in [6.45, 7) is 4.24. The van der Waals surface area contributed by atoms with Crippen molar-refractivity contribution in [3.63, 3.8) is 0 Å². The van der Waals surface area contributed by atoms with E-state index in [0.717, 1.165) is 64.2 Å². The lowest BCUT2D eigenvalue weighted by atomic mass is 10.1. The molecule has 0 aromatic rings. The molecule has 56 heavy (non-hydrogen) atoms. The van der Waals surface area contributed by atoms with Crippen LogP contribution in [0.25, 0.3) is 0 Å². The summed E-state index contributed by atoms with van der Waals surface area (Å²) in [7, 11) is 5.35. The van der Waals surface area contributed by atoms with Gasteiger partial charge < -0.3 is 28.6 Å². The molecule has 0 radical (unpaired) electrons. The number of carboxylic acids is 1. The van der Waals surface area contributed by atoms with Crippen LogP contribution in [0.15, 0.2) is 122 Å². The Morgan fingerprint density at radius 1 is 0.554 bits per heavy atom. The van der Waals surface area contributed by atoms with Gasteiger partial charge in [-0.3, -0.25) is 9.59 Å². The van der Waals surface area contributed by atoms with Gasteiger partial charge in [0.25, 0.3) is 0 Å². The van der Waals surface area contributed by atoms with Crippen LogP contribution in [-0.4, -0.2) is 75.5 Å². The average molecular weight is 776 g/mol. The first-order valence-corrected chi connectivity index (χ1v) is 20.6. The van der Waals surface area contributed by atoms with Gasteiger partial charge >= 0.3 is 11.9 Å². The Labute approximate surface area is 340 Å². The number of esters is 2. The van der Waals surface area contributed by atoms with Gasteiger partial charge in [0.15, 0.2) is 6.10 Å². The SMILES string of the molecule is CC/C=C/C=C/C=C/C=C/CCCCCC(=O)OC(COCCC(C(=O)[O-])[N+](C)(C)C)COC(=O)CC/C=C/C/C=C/C/C=C/C/C=C/C/C=C/C/C=C/CC. The normalized spacial score (nSPS) is 14.2. The average Bonchev–Trinajstić information content (AvgIpc) is 3.15. The zero-order valence-corrected chi connectivity index (χ0v) is 35.2. The third kappa shape index (κ3) is 35.4. The summed E-state index contributed by atoms with van der Waals surface area (Å²) in [6.07, 6.45) is 52.4. The van der Waals surface area contributed by atoms with Gasteiger partial charge in [-0.1, -0.05) is 142 Å². The van der Waals surface area contributed by atoms with Crippen molar-refractivity contribution in [3.05, 3.63) is 122 Å². The number of rotatable bonds is 34. The zero-order valence-electron chi connectivity index (χ0n) is 35.2. The molecule has 8 heteroatoms. The topological polar surface area (TPSA) is 102 Å². The van der Waals surface area contributed by atoms with Gasteiger partial charge in [0, 0.05) is 19.3 Å². The minimum Gasteiger partial charge on any atom is -0.544 e. The maximum atomic E-state index is 12.7. The van der Waals surface area contributed by atoms with Gasteiger partial charge in [0.1, 0.15) is 12.6 Å². The number of likely N-dealkylation sites (N-methyl/N-ethyl adjacent to an activating group) is 1. The molecule has 0 saturated carbocycles. The Morgan fingerprint density at radius 2 is 1.07 bits per heavy atom. The van der Waals surface area contributed by atoms with Crippen LogP contribution in [-0.2, 0) is 28.6 Å². The Bertz CT molecular complexity index is 1320. The number of carbonyl (C=O) groups is 3. The van der Waals surface area contributed by atoms with Crippen LogP contribution >= 0.6 is 0 Å². The second-order valence-electron chi connectivity index (χ2n) is 14.2. The summed E-state index contributed by atoms with van der Waals surface area (Å²) in [4.78, 5) is 36.7. The van der Waals surface area contributed by atoms with E-state index in [-0.39, 0.29) is 55.5 Å². The molecule has 0 spiro atoms. The molecule has 0 N–H and O–H groups in total. The minimum absolute atomic E-state index is 0.00846. The van der Waals surface area contributed by atoms with Crippen LogP contribution in [0.2, 0.25) is 0 Å². The molecule has 0 fully saturated rings. The Kier molecular flexibility index (Phi) is 34.8. The number of carboxylic acid groups (broad SMARTS) is 1. The predicted octanol–water partition coefficient (Wildman–Crippen LogP) is 9.74. The summed E-state index contributed by atoms with van der Waals surface area (Å²) in [5.41, 5.74) is 0. The molecular formula is C48H73NO7. The molecule has 0 bridgehead atoms. The second kappa shape index (κ2) is 37.6. The summed E-state index contributed by atoms with van der Waals surface area (Å²) in [5.74, 6) is -1.92. The van der Waals surface area contributed by atoms with E-state index in [1.807, 2.05) is 48.6 Å². The van der Waals surface area contributed by atoms with Crippen LogP contribution in [0, 0.1) is 0 Å². The number of aliphatic carboxylic acids is 1. The number of allylic oxidation sites excluding steroid dienone is 20. The molecule has 0 aliphatic rings. The minimum atomic E-state index is -1.15. The van der Waals surface area contributed by atoms with E-state index in [0.29, 0.717) is 12.8 Å². The highest BCUT2D eigenvalue weighted by atomic mass is 16.6. The molecule has 0 saturated heterocycles. The number of carbonyl (C=O) groups excluding carboxylic acids is 3. The lowest BCUT2D eigenvalue weighted by Crippen LogP contribution is -2.55. The van der Waals surface area contributed by atoms with E-state index in [9.17, 15) is 19.5 Å². The lowest BCUT2D eigenvalue weighted by Gasteiger charge is -2.34. The number of ether oxygens (including phenoxy) is 3. The Balaban J connectivity index is 4.58. The molecule has 312 valence electrons. The van der Waals surface area contributed by atoms with E-state index >= 15 is 0 Å². The summed E-state index contributed by atoms with van der Waals surface area (Å²) in [6, 6.07) is -0.751. The van der Waals surface area contributed by atoms with E-state index in [4.69, 9.17) is 14.2 Å². The fraction of sp³-hybridized carbons (Fsp3) is 0.521. The maximum absolute atomic E-state index is 12.7. The van der Waals surface area contributed by atoms with Crippen LogP contribution in [0.3, 0.4) is 0 Å². The summed E-state index contributed by atoms with van der Waals surface area (Å²) < 4.78 is 17.0. The van der Waals surface area contributed by atoms with Gasteiger partial charge in [-0.2, -0.15) is 0 Å². The van der Waals surface area contributed by atoms with Crippen LogP contribution in [0.4, 0.5) is 0 Å². The van der Waals surface area contributed by atoms with Crippen LogP contribution in [0.5, 0.6) is 0 Å². The molecule has 2 atom stereocenters. The van der Waals surface area contributed by atoms with Crippen molar-refractivity contribution in [1.29, 1.82) is 0 Å². The van der Waals surface area contributed by atoms with Gasteiger partial charge in [0.05, 0.1) is 40.3 Å². The van der Waals surface area contributed by atoms with E-state index in [1.54, 1.807) is 21.1 Å². The second-order valence-corrected chi connectivity index (χ2v) is 14.2. The molecule has 0 heterocycles. The Morgan fingerprint density at radius 3 is 1.61 bits per heavy atom. The highest BCUT2D eigenvalue weighted by molar-refractivity contribution is 5.70. The molecule has 0 aromatic heterocycles. The number of quaternary nitrogens is 1. The van der Waals surface area contributed by atoms with Gasteiger partial charge in [-0.05, 0) is 70.6 Å². The van der Waals surface area contributed by atoms with E-state index < -0.39 is 18.1 Å². The molecular weight excluding hydrogens is 703 g/mol. The molecule has 0 aromatic carbocycles. The van der Waals surface area contributed by atoms with E-state index in [2.05, 4.69) is 86.8 Å². The van der Waals surface area contributed by atoms with Crippen molar-refractivity contribution in [1.82, 2.24) is 0 Å². The van der Waals surface area contributed by atoms with Gasteiger partial charge in [0.2, 0.25) is 0 Å². The van der Waals surface area contributed by atoms with Crippen molar-refractivity contribution >= 4 is 17.9 Å². The monoisotopic (exact) mass is 776 g/mol. The van der Waals surface area contributed by atoms with Crippen LogP contribution < -0.4 is 5.11 Å². The first-order chi connectivity index (χ1) is 27.1. The summed E-state index contributed by atoms with van der Waals surface area (Å²) >= 11 is 0. The Hall–Kier alpha value is -4.27. The number of hydrogen-bond acceptors (Lipinski definition) is 7. The highest BCUT2D eigenvalue weighted by Gasteiger charge is 2.25. The smallest absolute Gasteiger partial charge is 0.306 e. The highest BCUT2D eigenvalue weighted by Crippen LogP contribution is 2.10. The first kappa shape index (κ1) is 51.7. The molecule has 0 amide bonds. The lowest BCUT2D eigenvalue weighted by molar-refractivity contribution is -0.889. The molecule has 0 rings (SSSR count). The largest absolute Gasteiger partial charge is 0.544 e. The first-order valence-electron chi connectivity index (χ1n) is 20.6. The van der Waals surface area contributed by atoms with Gasteiger partial charge in [-0.25, -0.2) is 0 Å². The predicted molar refractivity (Wildman–Crippen MR) is 230 cm³/mol. The standard InChI is InChI=1S/C48H73NO7/c1-6-8-10-12-14-16-18-20-21-22-23-24-25-27-28-30-32-34-36-38-46(50)55-43-44(42-54-41-40-45(48(52)53)49(3,4)5)56-47(51)39-37-35-33-31-29-26-19-17-15-13-11-9-7-2/h8-11,13-17,19-21,23-24,26-29,32,34,44-45H,6-7,12,18,22,25,30-31,33,35-43H2,1-5H3/b10-8+,11-9+,15-13+,16-14+,19-17+,21-20+,24-23+,28-27+,29-26+,34-32+. The summed E-state index contributed by atoms with van der Waals surface area (Å²) in [5, 5.41) is 11.6. The fourth-order valence-corrected chi connectivity index (χ4v) is 5.05. The maximum Gasteiger partial charge on any atom is 0.306 e. The number of unbranched alkanes of at least 4 members (excludes halogenated alkanes) is 3. The number of nitrogens with zero attached hydrogens (tertiary/aromatic N) is 1. The molecule has 2 unspecified atom stereocenters. The van der Waals surface area contributed by atoms with Crippen molar-refractivity contribution < 1.29 is 38.2 Å². The van der Waals surface area contributed by atoms with E-state index in [1.165, 1.54) is 0 Å². The fourth-order valence-electron chi connectivity index (χ4n) is 5.05. The molecule has 0 aliphatic carbocycles.